The van der Waals surface area contributed by atoms with E-state index in [-0.39, 0.29) is 5.71 Å². The minimum absolute atomic E-state index is 0.0223. The number of benzene rings is 2. The average Bonchev–Trinajstić information content (AvgIpc) is 2.70. The standard InChI is InChI=1S/C23H30N4O3/c1-6-26-22(23(28)29)16(4)21(24)17-10-11-20(15(3)12-17)30-13-18-14(2)8-7-9-19(18)27(5)25/h7-12H,6,13,24-25H2,1-5H3,(H,28,29). The van der Waals surface area contributed by atoms with Gasteiger partial charge in [0.2, 0.25) is 0 Å². The molecule has 0 radical (unpaired) electrons. The second-order valence-corrected chi connectivity index (χ2v) is 7.12. The predicted molar refractivity (Wildman–Crippen MR) is 122 cm³/mol. The van der Waals surface area contributed by atoms with E-state index in [4.69, 9.17) is 16.3 Å². The monoisotopic (exact) mass is 410 g/mol. The smallest absolute Gasteiger partial charge is 0.354 e. The van der Waals surface area contributed by atoms with Crippen molar-refractivity contribution in [3.05, 3.63) is 64.2 Å². The van der Waals surface area contributed by atoms with Gasteiger partial charge in [-0.15, -0.1) is 0 Å². The third-order valence-corrected chi connectivity index (χ3v) is 4.90. The van der Waals surface area contributed by atoms with Gasteiger partial charge in [-0.3, -0.25) is 4.99 Å². The lowest BCUT2D eigenvalue weighted by Gasteiger charge is -2.20. The molecular weight excluding hydrogens is 380 g/mol. The van der Waals surface area contributed by atoms with Gasteiger partial charge in [-0.05, 0) is 68.7 Å². The van der Waals surface area contributed by atoms with Gasteiger partial charge in [-0.2, -0.15) is 0 Å². The minimum Gasteiger partial charge on any atom is -0.489 e. The number of carbonyl (C=O) groups is 1. The molecule has 7 heteroatoms. The molecular formula is C23H30N4O3. The first-order valence-corrected chi connectivity index (χ1v) is 9.72. The average molecular weight is 411 g/mol. The van der Waals surface area contributed by atoms with E-state index in [2.05, 4.69) is 4.99 Å². The highest BCUT2D eigenvalue weighted by Gasteiger charge is 2.16. The van der Waals surface area contributed by atoms with Crippen LogP contribution >= 0.6 is 0 Å². The third-order valence-electron chi connectivity index (χ3n) is 4.90. The van der Waals surface area contributed by atoms with Gasteiger partial charge in [0.1, 0.15) is 18.1 Å². The van der Waals surface area contributed by atoms with Crippen LogP contribution in [0.5, 0.6) is 5.75 Å². The zero-order valence-corrected chi connectivity index (χ0v) is 18.2. The summed E-state index contributed by atoms with van der Waals surface area (Å²) in [6, 6.07) is 11.5. The van der Waals surface area contributed by atoms with Crippen LogP contribution in [0.1, 0.15) is 36.1 Å². The summed E-state index contributed by atoms with van der Waals surface area (Å²) in [6.45, 7) is 8.14. The maximum Gasteiger partial charge on any atom is 0.354 e. The molecule has 7 nitrogen and oxygen atoms in total. The van der Waals surface area contributed by atoms with E-state index in [0.29, 0.717) is 24.4 Å². The van der Waals surface area contributed by atoms with Crippen LogP contribution in [0, 0.1) is 13.8 Å². The van der Waals surface area contributed by atoms with Crippen LogP contribution in [-0.4, -0.2) is 30.4 Å². The lowest BCUT2D eigenvalue weighted by Crippen LogP contribution is -2.26. The number of rotatable bonds is 8. The molecule has 0 saturated carbocycles. The van der Waals surface area contributed by atoms with Crippen molar-refractivity contribution in [2.24, 2.45) is 16.6 Å². The van der Waals surface area contributed by atoms with Crippen LogP contribution in [0.25, 0.3) is 5.70 Å². The molecule has 0 bridgehead atoms. The van der Waals surface area contributed by atoms with E-state index >= 15 is 0 Å². The number of carboxylic acids is 1. The largest absolute Gasteiger partial charge is 0.489 e. The number of aliphatic carboxylic acids is 1. The molecule has 0 aromatic heterocycles. The number of anilines is 1. The van der Waals surface area contributed by atoms with Crippen molar-refractivity contribution < 1.29 is 14.6 Å². The molecule has 0 aliphatic heterocycles. The molecule has 0 fully saturated rings. The number of hydrogen-bond acceptors (Lipinski definition) is 6. The predicted octanol–water partition coefficient (Wildman–Crippen LogP) is 3.43. The molecule has 0 saturated heterocycles. The molecule has 160 valence electrons. The van der Waals surface area contributed by atoms with Crippen LogP contribution < -0.4 is 21.3 Å². The van der Waals surface area contributed by atoms with Gasteiger partial charge in [0.15, 0.2) is 0 Å². The first kappa shape index (κ1) is 23.0. The fraction of sp³-hybridized carbons (Fsp3) is 0.304. The molecule has 0 aliphatic rings. The third kappa shape index (κ3) is 5.18. The van der Waals surface area contributed by atoms with Crippen LogP contribution in [-0.2, 0) is 11.4 Å². The summed E-state index contributed by atoms with van der Waals surface area (Å²) < 4.78 is 6.06. The van der Waals surface area contributed by atoms with Crippen molar-refractivity contribution in [1.29, 1.82) is 0 Å². The number of nitrogens with zero attached hydrogens (tertiary/aromatic N) is 2. The SMILES string of the molecule is CCN=C(C(=O)O)C(C)=C(N)c1ccc(OCc2c(C)cccc2N(C)N)c(C)c1. The minimum atomic E-state index is -1.09. The van der Waals surface area contributed by atoms with Crippen molar-refractivity contribution in [2.75, 3.05) is 18.6 Å². The molecule has 2 rings (SSSR count). The Hall–Kier alpha value is -3.32. The Morgan fingerprint density at radius 2 is 1.90 bits per heavy atom. The van der Waals surface area contributed by atoms with E-state index in [1.165, 1.54) is 0 Å². The molecule has 0 heterocycles. The van der Waals surface area contributed by atoms with Crippen LogP contribution in [0.4, 0.5) is 5.69 Å². The second-order valence-electron chi connectivity index (χ2n) is 7.12. The quantitative estimate of drug-likeness (QED) is 0.349. The fourth-order valence-electron chi connectivity index (χ4n) is 3.18. The van der Waals surface area contributed by atoms with Gasteiger partial charge in [-0.1, -0.05) is 12.1 Å². The van der Waals surface area contributed by atoms with E-state index in [1.54, 1.807) is 25.9 Å². The molecule has 0 aliphatic carbocycles. The van der Waals surface area contributed by atoms with E-state index in [9.17, 15) is 9.90 Å². The number of aliphatic imine (C=N–C) groups is 1. The highest BCUT2D eigenvalue weighted by molar-refractivity contribution is 6.43. The number of carboxylic acid groups (broad SMARTS) is 1. The maximum absolute atomic E-state index is 11.5. The van der Waals surface area contributed by atoms with E-state index < -0.39 is 5.97 Å². The van der Waals surface area contributed by atoms with Crippen LogP contribution in [0.15, 0.2) is 47.0 Å². The van der Waals surface area contributed by atoms with Crippen LogP contribution in [0.2, 0.25) is 0 Å². The van der Waals surface area contributed by atoms with Crippen molar-refractivity contribution in [1.82, 2.24) is 0 Å². The van der Waals surface area contributed by atoms with Gasteiger partial charge in [0.05, 0.1) is 5.69 Å². The summed E-state index contributed by atoms with van der Waals surface area (Å²) in [7, 11) is 1.79. The summed E-state index contributed by atoms with van der Waals surface area (Å²) in [6.07, 6.45) is 0. The number of hydrazine groups is 1. The number of aryl methyl sites for hydroxylation is 2. The van der Waals surface area contributed by atoms with Crippen LogP contribution in [0.3, 0.4) is 0 Å². The molecule has 5 N–H and O–H groups in total. The molecule has 0 spiro atoms. The van der Waals surface area contributed by atoms with Gasteiger partial charge >= 0.3 is 5.97 Å². The highest BCUT2D eigenvalue weighted by atomic mass is 16.5. The van der Waals surface area contributed by atoms with E-state index in [1.807, 2.05) is 50.2 Å². The molecule has 0 unspecified atom stereocenters. The molecule has 0 amide bonds. The summed E-state index contributed by atoms with van der Waals surface area (Å²) >= 11 is 0. The van der Waals surface area contributed by atoms with Gasteiger partial charge in [0.25, 0.3) is 0 Å². The Kier molecular flexibility index (Phi) is 7.60. The Labute approximate surface area is 177 Å². The maximum atomic E-state index is 11.5. The first-order chi connectivity index (χ1) is 14.2. The Balaban J connectivity index is 2.30. The zero-order chi connectivity index (χ0) is 22.4. The number of ether oxygens (including phenoxy) is 1. The topological polar surface area (TPSA) is 114 Å². The van der Waals surface area contributed by atoms with Crippen molar-refractivity contribution in [3.8, 4) is 5.75 Å². The lowest BCUT2D eigenvalue weighted by molar-refractivity contribution is -0.129. The van der Waals surface area contributed by atoms with Gasteiger partial charge < -0.3 is 20.6 Å². The highest BCUT2D eigenvalue weighted by Crippen LogP contribution is 2.27. The number of nitrogens with two attached hydrogens (primary N) is 2. The fourth-order valence-corrected chi connectivity index (χ4v) is 3.18. The summed E-state index contributed by atoms with van der Waals surface area (Å²) in [5.74, 6) is 5.57. The van der Waals surface area contributed by atoms with Crippen molar-refractivity contribution in [2.45, 2.75) is 34.3 Å². The Morgan fingerprint density at radius 3 is 2.47 bits per heavy atom. The molecule has 30 heavy (non-hydrogen) atoms. The van der Waals surface area contributed by atoms with Crippen molar-refractivity contribution in [3.63, 3.8) is 0 Å². The van der Waals surface area contributed by atoms with Crippen molar-refractivity contribution >= 4 is 23.1 Å². The molecule has 2 aromatic carbocycles. The Morgan fingerprint density at radius 1 is 1.20 bits per heavy atom. The zero-order valence-electron chi connectivity index (χ0n) is 18.2. The second kappa shape index (κ2) is 9.93. The van der Waals surface area contributed by atoms with Gasteiger partial charge in [-0.25, -0.2) is 10.6 Å². The first-order valence-electron chi connectivity index (χ1n) is 9.72. The summed E-state index contributed by atoms with van der Waals surface area (Å²) in [5.41, 5.74) is 11.7. The summed E-state index contributed by atoms with van der Waals surface area (Å²) in [5, 5.41) is 11.0. The van der Waals surface area contributed by atoms with Gasteiger partial charge in [0, 0.05) is 30.4 Å². The number of hydrogen-bond donors (Lipinski definition) is 3. The summed E-state index contributed by atoms with van der Waals surface area (Å²) in [4.78, 5) is 15.5. The Bertz CT molecular complexity index is 994. The molecule has 2 aromatic rings. The van der Waals surface area contributed by atoms with E-state index in [0.717, 1.165) is 33.7 Å². The lowest BCUT2D eigenvalue weighted by atomic mass is 10.0. The normalized spacial score (nSPS) is 12.4. The molecule has 0 atom stereocenters.